The molecule has 0 aliphatic carbocycles. The number of benzene rings is 2. The van der Waals surface area contributed by atoms with Gasteiger partial charge < -0.3 is 4.74 Å². The first-order chi connectivity index (χ1) is 13.0. The van der Waals surface area contributed by atoms with Crippen molar-refractivity contribution in [3.63, 3.8) is 0 Å². The van der Waals surface area contributed by atoms with Gasteiger partial charge in [-0.25, -0.2) is 4.99 Å². The Labute approximate surface area is 168 Å². The number of aryl methyl sites for hydroxylation is 1. The molecule has 2 aromatic carbocycles. The van der Waals surface area contributed by atoms with Crippen LogP contribution in [0.1, 0.15) is 11.1 Å². The van der Waals surface area contributed by atoms with Crippen LogP contribution in [0.5, 0.6) is 5.75 Å². The molecule has 0 fully saturated rings. The molecule has 0 saturated heterocycles. The van der Waals surface area contributed by atoms with E-state index in [-0.39, 0.29) is 5.91 Å². The standard InChI is InChI=1S/C21H19ClN2O2S/c1-4-11-27-21-23-19(12-15-6-9-17(26-3)10-7-15)20(25)24(21)16-8-5-14(2)18(22)13-16/h4-10,12-13H,1,11H2,2-3H3. The molecule has 138 valence electrons. The molecular weight excluding hydrogens is 380 g/mol. The molecule has 0 unspecified atom stereocenters. The molecule has 0 radical (unpaired) electrons. The number of hydrogen-bond acceptors (Lipinski definition) is 4. The number of nitrogens with zero attached hydrogens (tertiary/aromatic N) is 2. The van der Waals surface area contributed by atoms with Crippen LogP contribution >= 0.6 is 23.4 Å². The van der Waals surface area contributed by atoms with E-state index in [9.17, 15) is 4.79 Å². The second-order valence-corrected chi connectivity index (χ2v) is 7.27. The summed E-state index contributed by atoms with van der Waals surface area (Å²) in [5.74, 6) is 1.23. The minimum absolute atomic E-state index is 0.183. The van der Waals surface area contributed by atoms with Crippen LogP contribution in [0, 0.1) is 6.92 Å². The molecule has 0 N–H and O–H groups in total. The van der Waals surface area contributed by atoms with Crippen LogP contribution in [0.4, 0.5) is 5.69 Å². The Kier molecular flexibility index (Phi) is 6.04. The normalized spacial score (nSPS) is 15.2. The number of carbonyl (C=O) groups excluding carboxylic acids is 1. The number of carbonyl (C=O) groups is 1. The highest BCUT2D eigenvalue weighted by molar-refractivity contribution is 8.14. The maximum atomic E-state index is 13.0. The van der Waals surface area contributed by atoms with Gasteiger partial charge in [-0.15, -0.1) is 6.58 Å². The number of thioether (sulfide) groups is 1. The van der Waals surface area contributed by atoms with Crippen LogP contribution in [-0.4, -0.2) is 23.9 Å². The molecule has 0 atom stereocenters. The number of amides is 1. The largest absolute Gasteiger partial charge is 0.497 e. The lowest BCUT2D eigenvalue weighted by Crippen LogP contribution is -2.30. The van der Waals surface area contributed by atoms with Gasteiger partial charge in [-0.3, -0.25) is 9.69 Å². The molecule has 1 amide bonds. The van der Waals surface area contributed by atoms with E-state index in [0.717, 1.165) is 16.9 Å². The average molecular weight is 399 g/mol. The van der Waals surface area contributed by atoms with E-state index < -0.39 is 0 Å². The fourth-order valence-corrected chi connectivity index (χ4v) is 3.46. The number of rotatable bonds is 5. The van der Waals surface area contributed by atoms with Crippen LogP contribution in [-0.2, 0) is 4.79 Å². The van der Waals surface area contributed by atoms with Crippen LogP contribution in [0.2, 0.25) is 5.02 Å². The zero-order valence-corrected chi connectivity index (χ0v) is 16.7. The fourth-order valence-electron chi connectivity index (χ4n) is 2.53. The zero-order chi connectivity index (χ0) is 19.4. The molecule has 4 nitrogen and oxygen atoms in total. The molecule has 1 heterocycles. The summed E-state index contributed by atoms with van der Waals surface area (Å²) in [4.78, 5) is 19.2. The van der Waals surface area contributed by atoms with Crippen molar-refractivity contribution in [2.24, 2.45) is 4.99 Å². The quantitative estimate of drug-likeness (QED) is 0.505. The molecular formula is C21H19ClN2O2S. The van der Waals surface area contributed by atoms with Crippen molar-refractivity contribution in [1.29, 1.82) is 0 Å². The molecule has 0 spiro atoms. The Bertz CT molecular complexity index is 936. The average Bonchev–Trinajstić information content (AvgIpc) is 2.98. The lowest BCUT2D eigenvalue weighted by Gasteiger charge is -2.18. The van der Waals surface area contributed by atoms with Crippen LogP contribution < -0.4 is 9.64 Å². The van der Waals surface area contributed by atoms with E-state index in [1.54, 1.807) is 30.2 Å². The van der Waals surface area contributed by atoms with Crippen molar-refractivity contribution < 1.29 is 9.53 Å². The monoisotopic (exact) mass is 398 g/mol. The van der Waals surface area contributed by atoms with E-state index in [2.05, 4.69) is 11.6 Å². The van der Waals surface area contributed by atoms with Gasteiger partial charge >= 0.3 is 0 Å². The van der Waals surface area contributed by atoms with Crippen molar-refractivity contribution >= 4 is 46.2 Å². The van der Waals surface area contributed by atoms with Gasteiger partial charge in [0.05, 0.1) is 12.8 Å². The van der Waals surface area contributed by atoms with Crippen molar-refractivity contribution in [3.05, 3.63) is 77.0 Å². The topological polar surface area (TPSA) is 41.9 Å². The van der Waals surface area contributed by atoms with Crippen LogP contribution in [0.25, 0.3) is 6.08 Å². The number of ether oxygens (including phenoxy) is 1. The highest BCUT2D eigenvalue weighted by atomic mass is 35.5. The predicted octanol–water partition coefficient (Wildman–Crippen LogP) is 5.32. The first-order valence-corrected chi connectivity index (χ1v) is 9.68. The molecule has 0 aromatic heterocycles. The summed E-state index contributed by atoms with van der Waals surface area (Å²) < 4.78 is 5.17. The fraction of sp³-hybridized carbons (Fsp3) is 0.143. The van der Waals surface area contributed by atoms with Gasteiger partial charge in [-0.1, -0.05) is 47.6 Å². The van der Waals surface area contributed by atoms with E-state index >= 15 is 0 Å². The van der Waals surface area contributed by atoms with Crippen molar-refractivity contribution in [3.8, 4) is 5.75 Å². The predicted molar refractivity (Wildman–Crippen MR) is 115 cm³/mol. The summed E-state index contributed by atoms with van der Waals surface area (Å²) in [6.07, 6.45) is 3.55. The lowest BCUT2D eigenvalue weighted by atomic mass is 10.1. The minimum Gasteiger partial charge on any atom is -0.497 e. The van der Waals surface area contributed by atoms with Gasteiger partial charge in [0.1, 0.15) is 11.4 Å². The number of aliphatic imine (C=N–C) groups is 1. The van der Waals surface area contributed by atoms with E-state index in [1.807, 2.05) is 43.3 Å². The van der Waals surface area contributed by atoms with Gasteiger partial charge in [0.15, 0.2) is 5.17 Å². The Morgan fingerprint density at radius 3 is 2.63 bits per heavy atom. The van der Waals surface area contributed by atoms with Gasteiger partial charge in [-0.2, -0.15) is 0 Å². The number of halogens is 1. The van der Waals surface area contributed by atoms with Gasteiger partial charge in [-0.05, 0) is 48.4 Å². The number of anilines is 1. The Morgan fingerprint density at radius 1 is 1.26 bits per heavy atom. The molecule has 2 aromatic rings. The third-order valence-corrected chi connectivity index (χ3v) is 5.33. The first-order valence-electron chi connectivity index (χ1n) is 8.32. The minimum atomic E-state index is -0.183. The maximum Gasteiger partial charge on any atom is 0.283 e. The molecule has 0 saturated carbocycles. The van der Waals surface area contributed by atoms with Crippen molar-refractivity contribution in [2.45, 2.75) is 6.92 Å². The molecule has 3 rings (SSSR count). The number of methoxy groups -OCH3 is 1. The van der Waals surface area contributed by atoms with Crippen LogP contribution in [0.15, 0.2) is 65.8 Å². The van der Waals surface area contributed by atoms with Gasteiger partial charge in [0, 0.05) is 10.8 Å². The van der Waals surface area contributed by atoms with Gasteiger partial charge in [0.2, 0.25) is 0 Å². The Morgan fingerprint density at radius 2 is 2.00 bits per heavy atom. The first kappa shape index (κ1) is 19.3. The smallest absolute Gasteiger partial charge is 0.283 e. The highest BCUT2D eigenvalue weighted by Crippen LogP contribution is 2.32. The highest BCUT2D eigenvalue weighted by Gasteiger charge is 2.32. The third kappa shape index (κ3) is 4.26. The van der Waals surface area contributed by atoms with Crippen molar-refractivity contribution in [2.75, 3.05) is 17.8 Å². The summed E-state index contributed by atoms with van der Waals surface area (Å²) in [6, 6.07) is 13.0. The zero-order valence-electron chi connectivity index (χ0n) is 15.1. The molecule has 6 heteroatoms. The number of hydrogen-bond donors (Lipinski definition) is 0. The summed E-state index contributed by atoms with van der Waals surface area (Å²) in [7, 11) is 1.62. The molecule has 1 aliphatic heterocycles. The SMILES string of the molecule is C=CCSC1=NC(=Cc2ccc(OC)cc2)C(=O)N1c1ccc(C)c(Cl)c1. The van der Waals surface area contributed by atoms with E-state index in [1.165, 1.54) is 11.8 Å². The van der Waals surface area contributed by atoms with E-state index in [4.69, 9.17) is 16.3 Å². The second kappa shape index (κ2) is 8.46. The molecule has 0 bridgehead atoms. The Balaban J connectivity index is 1.97. The summed E-state index contributed by atoms with van der Waals surface area (Å²) >= 11 is 7.71. The summed E-state index contributed by atoms with van der Waals surface area (Å²) in [5.41, 5.74) is 2.91. The van der Waals surface area contributed by atoms with E-state index in [0.29, 0.717) is 27.3 Å². The van der Waals surface area contributed by atoms with Crippen molar-refractivity contribution in [1.82, 2.24) is 0 Å². The lowest BCUT2D eigenvalue weighted by molar-refractivity contribution is -0.113. The van der Waals surface area contributed by atoms with Crippen LogP contribution in [0.3, 0.4) is 0 Å². The Hall–Kier alpha value is -2.50. The maximum absolute atomic E-state index is 13.0. The number of amidine groups is 1. The van der Waals surface area contributed by atoms with Gasteiger partial charge in [0.25, 0.3) is 5.91 Å². The molecule has 27 heavy (non-hydrogen) atoms. The third-order valence-electron chi connectivity index (χ3n) is 3.99. The molecule has 1 aliphatic rings. The second-order valence-electron chi connectivity index (χ2n) is 5.87. The summed E-state index contributed by atoms with van der Waals surface area (Å²) in [6.45, 7) is 5.67. The summed E-state index contributed by atoms with van der Waals surface area (Å²) in [5, 5.41) is 1.22.